The normalized spacial score (nSPS) is 11.3. The number of hydrogen-bond acceptors (Lipinski definition) is 3. The maximum atomic E-state index is 11.8. The van der Waals surface area contributed by atoms with Crippen LogP contribution in [0.1, 0.15) is 13.3 Å². The second kappa shape index (κ2) is 7.41. The van der Waals surface area contributed by atoms with Crippen LogP contribution in [0.5, 0.6) is 0 Å². The van der Waals surface area contributed by atoms with Gasteiger partial charge in [-0.25, -0.2) is 0 Å². The minimum Gasteiger partial charge on any atom is -0.481 e. The monoisotopic (exact) mass is 273 g/mol. The van der Waals surface area contributed by atoms with Crippen molar-refractivity contribution in [2.75, 3.05) is 24.6 Å². The highest BCUT2D eigenvalue weighted by Crippen LogP contribution is 2.21. The van der Waals surface area contributed by atoms with Gasteiger partial charge in [0.25, 0.3) is 0 Å². The Morgan fingerprint density at radius 3 is 2.35 bits per heavy atom. The molecule has 0 aliphatic carbocycles. The van der Waals surface area contributed by atoms with E-state index in [1.807, 2.05) is 0 Å². The fourth-order valence-corrected chi connectivity index (χ4v) is 1.73. The molecule has 0 saturated carbocycles. The van der Waals surface area contributed by atoms with Gasteiger partial charge in [-0.2, -0.15) is 13.2 Å². The molecule has 0 saturated heterocycles. The Kier molecular flexibility index (Phi) is 7.01. The lowest BCUT2D eigenvalue weighted by Gasteiger charge is -2.19. The maximum absolute atomic E-state index is 11.8. The van der Waals surface area contributed by atoms with Crippen molar-refractivity contribution < 1.29 is 27.9 Å². The first-order chi connectivity index (χ1) is 7.76. The van der Waals surface area contributed by atoms with E-state index in [1.165, 1.54) is 4.90 Å². The zero-order valence-corrected chi connectivity index (χ0v) is 10.1. The second-order valence-electron chi connectivity index (χ2n) is 3.23. The van der Waals surface area contributed by atoms with Gasteiger partial charge in [0.15, 0.2) is 0 Å². The number of amides is 1. The Hall–Kier alpha value is -0.920. The topological polar surface area (TPSA) is 57.6 Å². The summed E-state index contributed by atoms with van der Waals surface area (Å²) in [6.45, 7) is 1.96. The predicted molar refractivity (Wildman–Crippen MR) is 57.9 cm³/mol. The number of halogens is 3. The number of carbonyl (C=O) groups excluding carboxylic acids is 1. The molecule has 17 heavy (non-hydrogen) atoms. The summed E-state index contributed by atoms with van der Waals surface area (Å²) in [4.78, 5) is 22.9. The number of alkyl halides is 3. The molecule has 0 unspecified atom stereocenters. The smallest absolute Gasteiger partial charge is 0.397 e. The van der Waals surface area contributed by atoms with Crippen LogP contribution in [0.15, 0.2) is 0 Å². The summed E-state index contributed by atoms with van der Waals surface area (Å²) in [7, 11) is 0. The quantitative estimate of drug-likeness (QED) is 0.765. The van der Waals surface area contributed by atoms with E-state index in [2.05, 4.69) is 0 Å². The Morgan fingerprint density at radius 1 is 1.35 bits per heavy atom. The van der Waals surface area contributed by atoms with Crippen LogP contribution in [0.3, 0.4) is 0 Å². The van der Waals surface area contributed by atoms with Gasteiger partial charge in [-0.05, 0) is 6.92 Å². The molecule has 0 aromatic heterocycles. The largest absolute Gasteiger partial charge is 0.481 e. The van der Waals surface area contributed by atoms with Gasteiger partial charge >= 0.3 is 12.1 Å². The second-order valence-corrected chi connectivity index (χ2v) is 4.21. The molecule has 0 radical (unpaired) electrons. The molecular formula is C9H14F3NO3S. The average Bonchev–Trinajstić information content (AvgIpc) is 2.16. The van der Waals surface area contributed by atoms with Gasteiger partial charge in [-0.3, -0.25) is 9.59 Å². The Labute approximate surface area is 101 Å². The van der Waals surface area contributed by atoms with E-state index in [4.69, 9.17) is 5.11 Å². The average molecular weight is 273 g/mol. The number of carbonyl (C=O) groups is 2. The molecule has 0 aliphatic rings. The molecule has 0 aliphatic heterocycles. The highest BCUT2D eigenvalue weighted by Gasteiger charge is 2.27. The van der Waals surface area contributed by atoms with Crippen molar-refractivity contribution in [3.8, 4) is 0 Å². The van der Waals surface area contributed by atoms with E-state index in [0.717, 1.165) is 0 Å². The standard InChI is InChI=1S/C9H14F3NO3S/c1-2-13(4-3-8(15)16)7(14)5-17-6-9(10,11)12/h2-6H2,1H3,(H,15,16). The highest BCUT2D eigenvalue weighted by atomic mass is 32.2. The van der Waals surface area contributed by atoms with Gasteiger partial charge < -0.3 is 10.0 Å². The summed E-state index contributed by atoms with van der Waals surface area (Å²) in [5.41, 5.74) is 0. The molecule has 0 fully saturated rings. The molecule has 0 atom stereocenters. The number of hydrogen-bond donors (Lipinski definition) is 1. The molecule has 0 spiro atoms. The van der Waals surface area contributed by atoms with Crippen molar-refractivity contribution in [3.05, 3.63) is 0 Å². The van der Waals surface area contributed by atoms with Crippen molar-refractivity contribution in [1.29, 1.82) is 0 Å². The van der Waals surface area contributed by atoms with Crippen LogP contribution in [0.2, 0.25) is 0 Å². The van der Waals surface area contributed by atoms with Crippen LogP contribution in [-0.2, 0) is 9.59 Å². The van der Waals surface area contributed by atoms with Gasteiger partial charge in [0.2, 0.25) is 5.91 Å². The Balaban J connectivity index is 3.96. The molecule has 0 rings (SSSR count). The van der Waals surface area contributed by atoms with Crippen LogP contribution < -0.4 is 0 Å². The number of carboxylic acids is 1. The predicted octanol–water partition coefficient (Wildman–Crippen LogP) is 1.61. The van der Waals surface area contributed by atoms with Crippen molar-refractivity contribution in [2.24, 2.45) is 0 Å². The van der Waals surface area contributed by atoms with Crippen molar-refractivity contribution in [2.45, 2.75) is 19.5 Å². The van der Waals surface area contributed by atoms with Gasteiger partial charge in [0.05, 0.1) is 17.9 Å². The molecule has 8 heteroatoms. The lowest BCUT2D eigenvalue weighted by molar-refractivity contribution is -0.138. The molecular weight excluding hydrogens is 259 g/mol. The van der Waals surface area contributed by atoms with Crippen LogP contribution in [-0.4, -0.2) is 52.7 Å². The van der Waals surface area contributed by atoms with Crippen LogP contribution in [0, 0.1) is 0 Å². The lowest BCUT2D eigenvalue weighted by atomic mass is 10.4. The van der Waals surface area contributed by atoms with E-state index >= 15 is 0 Å². The Bertz CT molecular complexity index is 271. The number of aliphatic carboxylic acids is 1. The molecule has 100 valence electrons. The number of carboxylic acid groups (broad SMARTS) is 1. The summed E-state index contributed by atoms with van der Waals surface area (Å²) < 4.78 is 35.5. The first kappa shape index (κ1) is 16.1. The number of rotatable bonds is 7. The van der Waals surface area contributed by atoms with Crippen molar-refractivity contribution in [3.63, 3.8) is 0 Å². The molecule has 0 aromatic carbocycles. The maximum Gasteiger partial charge on any atom is 0.397 e. The Morgan fingerprint density at radius 2 is 1.94 bits per heavy atom. The van der Waals surface area contributed by atoms with Gasteiger partial charge in [-0.1, -0.05) is 0 Å². The summed E-state index contributed by atoms with van der Waals surface area (Å²) in [6.07, 6.45) is -4.49. The number of thioether (sulfide) groups is 1. The first-order valence-corrected chi connectivity index (χ1v) is 6.05. The van der Waals surface area contributed by atoms with E-state index in [-0.39, 0.29) is 18.7 Å². The van der Waals surface area contributed by atoms with Crippen LogP contribution in [0.4, 0.5) is 13.2 Å². The fraction of sp³-hybridized carbons (Fsp3) is 0.778. The minimum absolute atomic E-state index is 0.0250. The third-order valence-corrected chi connectivity index (χ3v) is 2.80. The number of nitrogens with zero attached hydrogens (tertiary/aromatic N) is 1. The summed E-state index contributed by atoms with van der Waals surface area (Å²) >= 11 is 0.483. The van der Waals surface area contributed by atoms with Gasteiger partial charge in [0, 0.05) is 13.1 Å². The molecule has 1 amide bonds. The third kappa shape index (κ3) is 8.84. The fourth-order valence-electron chi connectivity index (χ4n) is 1.04. The summed E-state index contributed by atoms with van der Waals surface area (Å²) in [5.74, 6) is -2.87. The first-order valence-electron chi connectivity index (χ1n) is 4.90. The van der Waals surface area contributed by atoms with Crippen molar-refractivity contribution in [1.82, 2.24) is 4.90 Å². The lowest BCUT2D eigenvalue weighted by Crippen LogP contribution is -2.34. The van der Waals surface area contributed by atoms with Crippen molar-refractivity contribution >= 4 is 23.6 Å². The SMILES string of the molecule is CCN(CCC(=O)O)C(=O)CSCC(F)(F)F. The summed E-state index contributed by atoms with van der Waals surface area (Å²) in [6, 6.07) is 0. The third-order valence-electron chi connectivity index (χ3n) is 1.82. The molecule has 4 nitrogen and oxygen atoms in total. The minimum atomic E-state index is -4.29. The van der Waals surface area contributed by atoms with E-state index in [0.29, 0.717) is 18.3 Å². The van der Waals surface area contributed by atoms with Gasteiger partial charge in [-0.15, -0.1) is 11.8 Å². The van der Waals surface area contributed by atoms with E-state index in [9.17, 15) is 22.8 Å². The molecule has 0 heterocycles. The molecule has 1 N–H and O–H groups in total. The summed E-state index contributed by atoms with van der Waals surface area (Å²) in [5, 5.41) is 8.43. The highest BCUT2D eigenvalue weighted by molar-refractivity contribution is 8.00. The zero-order valence-electron chi connectivity index (χ0n) is 9.29. The molecule has 0 aromatic rings. The van der Waals surface area contributed by atoms with E-state index in [1.54, 1.807) is 6.92 Å². The van der Waals surface area contributed by atoms with Crippen LogP contribution >= 0.6 is 11.8 Å². The van der Waals surface area contributed by atoms with Gasteiger partial charge in [0.1, 0.15) is 0 Å². The van der Waals surface area contributed by atoms with E-state index < -0.39 is 23.8 Å². The zero-order chi connectivity index (χ0) is 13.5. The van der Waals surface area contributed by atoms with Crippen LogP contribution in [0.25, 0.3) is 0 Å². The molecule has 0 bridgehead atoms.